The maximum Gasteiger partial charge on any atom is 0.125 e. The highest BCUT2D eigenvalue weighted by molar-refractivity contribution is 9.10. The van der Waals surface area contributed by atoms with Crippen LogP contribution in [0.5, 0.6) is 5.75 Å². The number of benzene rings is 1. The first-order valence-corrected chi connectivity index (χ1v) is 5.20. The van der Waals surface area contributed by atoms with Gasteiger partial charge in [-0.1, -0.05) is 15.9 Å². The molecule has 0 aliphatic carbocycles. The molecule has 78 valence electrons. The molecule has 1 aromatic carbocycles. The van der Waals surface area contributed by atoms with Gasteiger partial charge in [-0.3, -0.25) is 0 Å². The normalized spacial score (nSPS) is 10.6. The summed E-state index contributed by atoms with van der Waals surface area (Å²) in [6.45, 7) is 0. The monoisotopic (exact) mass is 258 g/mol. The van der Waals surface area contributed by atoms with Crippen molar-refractivity contribution in [2.45, 2.75) is 6.17 Å². The lowest BCUT2D eigenvalue weighted by atomic mass is 10.1. The molecule has 4 heteroatoms. The van der Waals surface area contributed by atoms with Crippen LogP contribution in [0.2, 0.25) is 0 Å². The van der Waals surface area contributed by atoms with Gasteiger partial charge in [0.15, 0.2) is 0 Å². The molecule has 0 heterocycles. The predicted octanol–water partition coefficient (Wildman–Crippen LogP) is 1.90. The van der Waals surface area contributed by atoms with Gasteiger partial charge in [0.2, 0.25) is 0 Å². The minimum Gasteiger partial charge on any atom is -0.496 e. The molecule has 1 aromatic rings. The van der Waals surface area contributed by atoms with Gasteiger partial charge >= 0.3 is 0 Å². The van der Waals surface area contributed by atoms with E-state index in [0.29, 0.717) is 0 Å². The van der Waals surface area contributed by atoms with Crippen molar-refractivity contribution in [1.82, 2.24) is 10.6 Å². The van der Waals surface area contributed by atoms with Crippen LogP contribution >= 0.6 is 15.9 Å². The number of rotatable bonds is 4. The second-order valence-electron chi connectivity index (χ2n) is 2.90. The van der Waals surface area contributed by atoms with Crippen LogP contribution in [0, 0.1) is 0 Å². The summed E-state index contributed by atoms with van der Waals surface area (Å²) in [5, 5.41) is 6.32. The second-order valence-corrected chi connectivity index (χ2v) is 3.81. The van der Waals surface area contributed by atoms with Gasteiger partial charge in [0, 0.05) is 10.0 Å². The maximum atomic E-state index is 5.28. The number of nitrogens with one attached hydrogen (secondary N) is 2. The summed E-state index contributed by atoms with van der Waals surface area (Å²) in [6.07, 6.45) is 0.0995. The van der Waals surface area contributed by atoms with Crippen LogP contribution in [0.3, 0.4) is 0 Å². The summed E-state index contributed by atoms with van der Waals surface area (Å²) in [7, 11) is 5.48. The van der Waals surface area contributed by atoms with Gasteiger partial charge in [0.1, 0.15) is 5.75 Å². The fourth-order valence-corrected chi connectivity index (χ4v) is 1.76. The molecule has 0 bridgehead atoms. The Kier molecular flexibility index (Phi) is 4.38. The molecule has 0 unspecified atom stereocenters. The van der Waals surface area contributed by atoms with E-state index in [-0.39, 0.29) is 6.17 Å². The second kappa shape index (κ2) is 5.34. The van der Waals surface area contributed by atoms with Gasteiger partial charge in [-0.25, -0.2) is 0 Å². The zero-order valence-corrected chi connectivity index (χ0v) is 10.2. The smallest absolute Gasteiger partial charge is 0.125 e. The highest BCUT2D eigenvalue weighted by atomic mass is 79.9. The Balaban J connectivity index is 3.08. The molecule has 0 atom stereocenters. The van der Waals surface area contributed by atoms with Gasteiger partial charge in [-0.05, 0) is 32.3 Å². The molecule has 0 spiro atoms. The van der Waals surface area contributed by atoms with Crippen LogP contribution < -0.4 is 15.4 Å². The fraction of sp³-hybridized carbons (Fsp3) is 0.400. The lowest BCUT2D eigenvalue weighted by molar-refractivity contribution is 0.395. The average Bonchev–Trinajstić information content (AvgIpc) is 2.20. The van der Waals surface area contributed by atoms with E-state index in [0.717, 1.165) is 15.8 Å². The molecule has 0 radical (unpaired) electrons. The quantitative estimate of drug-likeness (QED) is 0.810. The Bertz CT molecular complexity index is 300. The molecule has 0 saturated heterocycles. The van der Waals surface area contributed by atoms with E-state index >= 15 is 0 Å². The Hall–Kier alpha value is -0.580. The summed E-state index contributed by atoms with van der Waals surface area (Å²) in [4.78, 5) is 0. The molecule has 2 N–H and O–H groups in total. The molecular weight excluding hydrogens is 244 g/mol. The van der Waals surface area contributed by atoms with Crippen molar-refractivity contribution in [3.63, 3.8) is 0 Å². The Morgan fingerprint density at radius 3 is 2.43 bits per heavy atom. The minimum atomic E-state index is 0.0995. The minimum absolute atomic E-state index is 0.0995. The van der Waals surface area contributed by atoms with Crippen molar-refractivity contribution in [1.29, 1.82) is 0 Å². The molecule has 0 aliphatic heterocycles. The highest BCUT2D eigenvalue weighted by Crippen LogP contribution is 2.26. The van der Waals surface area contributed by atoms with E-state index in [1.165, 1.54) is 0 Å². The lowest BCUT2D eigenvalue weighted by Crippen LogP contribution is -2.29. The van der Waals surface area contributed by atoms with E-state index in [9.17, 15) is 0 Å². The molecule has 0 aromatic heterocycles. The Morgan fingerprint density at radius 2 is 1.93 bits per heavy atom. The third-order valence-electron chi connectivity index (χ3n) is 2.08. The first-order valence-electron chi connectivity index (χ1n) is 4.41. The molecule has 0 saturated carbocycles. The first kappa shape index (κ1) is 11.5. The largest absolute Gasteiger partial charge is 0.496 e. The first-order chi connectivity index (χ1) is 6.72. The fourth-order valence-electron chi connectivity index (χ4n) is 1.39. The molecule has 0 amide bonds. The van der Waals surface area contributed by atoms with Crippen molar-refractivity contribution < 1.29 is 4.74 Å². The topological polar surface area (TPSA) is 33.3 Å². The van der Waals surface area contributed by atoms with Gasteiger partial charge in [0.25, 0.3) is 0 Å². The zero-order chi connectivity index (χ0) is 10.6. The molecule has 14 heavy (non-hydrogen) atoms. The lowest BCUT2D eigenvalue weighted by Gasteiger charge is -2.18. The number of halogens is 1. The molecular formula is C10H15BrN2O. The predicted molar refractivity (Wildman–Crippen MR) is 61.6 cm³/mol. The SMILES string of the molecule is CNC(NC)c1cc(Br)ccc1OC. The van der Waals surface area contributed by atoms with Gasteiger partial charge in [-0.2, -0.15) is 0 Å². The number of hydrogen-bond acceptors (Lipinski definition) is 3. The van der Waals surface area contributed by atoms with E-state index in [2.05, 4.69) is 26.6 Å². The summed E-state index contributed by atoms with van der Waals surface area (Å²) < 4.78 is 6.33. The van der Waals surface area contributed by atoms with Crippen LogP contribution in [-0.4, -0.2) is 21.2 Å². The Morgan fingerprint density at radius 1 is 1.29 bits per heavy atom. The third kappa shape index (κ3) is 2.47. The summed E-state index contributed by atoms with van der Waals surface area (Å²) in [5.74, 6) is 0.877. The third-order valence-corrected chi connectivity index (χ3v) is 2.57. The van der Waals surface area contributed by atoms with Crippen LogP contribution in [0.4, 0.5) is 0 Å². The van der Waals surface area contributed by atoms with E-state index < -0.39 is 0 Å². The highest BCUT2D eigenvalue weighted by Gasteiger charge is 2.12. The van der Waals surface area contributed by atoms with Crippen LogP contribution in [0.15, 0.2) is 22.7 Å². The van der Waals surface area contributed by atoms with E-state index in [4.69, 9.17) is 4.74 Å². The van der Waals surface area contributed by atoms with Crippen molar-refractivity contribution in [3.05, 3.63) is 28.2 Å². The van der Waals surface area contributed by atoms with Crippen molar-refractivity contribution >= 4 is 15.9 Å². The van der Waals surface area contributed by atoms with Gasteiger partial charge in [-0.15, -0.1) is 0 Å². The van der Waals surface area contributed by atoms with Crippen molar-refractivity contribution in [3.8, 4) is 5.75 Å². The maximum absolute atomic E-state index is 5.28. The number of hydrogen-bond donors (Lipinski definition) is 2. The van der Waals surface area contributed by atoms with Crippen molar-refractivity contribution in [2.24, 2.45) is 0 Å². The number of ether oxygens (including phenoxy) is 1. The molecule has 3 nitrogen and oxygen atoms in total. The molecule has 0 aliphatic rings. The zero-order valence-electron chi connectivity index (χ0n) is 8.60. The van der Waals surface area contributed by atoms with Crippen LogP contribution in [0.1, 0.15) is 11.7 Å². The van der Waals surface area contributed by atoms with Gasteiger partial charge in [0.05, 0.1) is 13.3 Å². The Labute approximate surface area is 93.0 Å². The summed E-state index contributed by atoms with van der Waals surface area (Å²) in [6, 6.07) is 5.95. The van der Waals surface area contributed by atoms with E-state index in [1.807, 2.05) is 32.3 Å². The summed E-state index contributed by atoms with van der Waals surface area (Å²) in [5.41, 5.74) is 1.09. The van der Waals surface area contributed by atoms with Gasteiger partial charge < -0.3 is 15.4 Å². The van der Waals surface area contributed by atoms with Crippen molar-refractivity contribution in [2.75, 3.05) is 21.2 Å². The standard InChI is InChI=1S/C10H15BrN2O/c1-12-10(13-2)8-6-7(11)4-5-9(8)14-3/h4-6,10,12-13H,1-3H3. The van der Waals surface area contributed by atoms with E-state index in [1.54, 1.807) is 7.11 Å². The average molecular weight is 259 g/mol. The van der Waals surface area contributed by atoms with Crippen LogP contribution in [0.25, 0.3) is 0 Å². The molecule has 1 rings (SSSR count). The number of methoxy groups -OCH3 is 1. The van der Waals surface area contributed by atoms with Crippen LogP contribution in [-0.2, 0) is 0 Å². The molecule has 0 fully saturated rings. The summed E-state index contributed by atoms with van der Waals surface area (Å²) >= 11 is 3.44.